The molecular weight excluding hydrogens is 270 g/mol. The Balaban J connectivity index is 2.07. The molecule has 5 heteroatoms. The molecule has 1 aromatic carbocycles. The van der Waals surface area contributed by atoms with E-state index in [1.807, 2.05) is 23.7 Å². The first-order valence-corrected chi connectivity index (χ1v) is 7.40. The molecule has 0 saturated heterocycles. The van der Waals surface area contributed by atoms with Gasteiger partial charge in [0, 0.05) is 16.1 Å². The zero-order chi connectivity index (χ0) is 14.1. The van der Waals surface area contributed by atoms with E-state index in [0.29, 0.717) is 0 Å². The van der Waals surface area contributed by atoms with Crippen molar-refractivity contribution < 1.29 is 4.74 Å². The summed E-state index contributed by atoms with van der Waals surface area (Å²) >= 11 is 1.72. The first-order valence-electron chi connectivity index (χ1n) is 6.58. The van der Waals surface area contributed by atoms with Gasteiger partial charge in [0.05, 0.1) is 19.3 Å². The molecule has 104 valence electrons. The molecular formula is C15H17N3OS. The summed E-state index contributed by atoms with van der Waals surface area (Å²) in [5, 5.41) is 5.55. The number of nitrogens with zero attached hydrogens (tertiary/aromatic N) is 2. The van der Waals surface area contributed by atoms with Gasteiger partial charge in [0.1, 0.15) is 5.69 Å². The number of aryl methyl sites for hydroxylation is 1. The predicted octanol–water partition coefficient (Wildman–Crippen LogP) is 3.17. The third-order valence-electron chi connectivity index (χ3n) is 3.41. The molecule has 2 heterocycles. The van der Waals surface area contributed by atoms with E-state index in [2.05, 4.69) is 23.3 Å². The van der Waals surface area contributed by atoms with Crippen LogP contribution in [0, 0.1) is 0 Å². The molecule has 0 spiro atoms. The van der Waals surface area contributed by atoms with Crippen molar-refractivity contribution in [3.05, 3.63) is 47.1 Å². The first-order chi connectivity index (χ1) is 9.74. The highest BCUT2D eigenvalue weighted by molar-refractivity contribution is 7.19. The number of rotatable bonds is 4. The number of methoxy groups -OCH3 is 1. The summed E-state index contributed by atoms with van der Waals surface area (Å²) in [6.07, 6.45) is 1.73. The lowest BCUT2D eigenvalue weighted by Gasteiger charge is -2.13. The van der Waals surface area contributed by atoms with Crippen molar-refractivity contribution in [2.45, 2.75) is 19.5 Å². The summed E-state index contributed by atoms with van der Waals surface area (Å²) in [6.45, 7) is 2.82. The number of benzene rings is 1. The fraction of sp³-hybridized carbons (Fsp3) is 0.267. The van der Waals surface area contributed by atoms with Gasteiger partial charge in [0.25, 0.3) is 0 Å². The maximum Gasteiger partial charge on any atom is 0.161 e. The number of hydrogen-bond donors (Lipinski definition) is 1. The summed E-state index contributed by atoms with van der Waals surface area (Å²) in [5.74, 6) is 0.747. The molecule has 2 aromatic heterocycles. The van der Waals surface area contributed by atoms with Gasteiger partial charge >= 0.3 is 0 Å². The van der Waals surface area contributed by atoms with E-state index in [1.165, 1.54) is 10.1 Å². The van der Waals surface area contributed by atoms with Gasteiger partial charge in [0.15, 0.2) is 5.75 Å². The van der Waals surface area contributed by atoms with Crippen LogP contribution in [0.4, 0.5) is 0 Å². The van der Waals surface area contributed by atoms with Gasteiger partial charge in [-0.3, -0.25) is 4.68 Å². The average Bonchev–Trinajstić information content (AvgIpc) is 3.09. The molecule has 0 amide bonds. The normalized spacial score (nSPS) is 12.8. The Morgan fingerprint density at radius 1 is 1.40 bits per heavy atom. The van der Waals surface area contributed by atoms with Gasteiger partial charge in [0.2, 0.25) is 0 Å². The van der Waals surface area contributed by atoms with Crippen LogP contribution in [0.5, 0.6) is 5.75 Å². The number of hydrogen-bond acceptors (Lipinski definition) is 4. The van der Waals surface area contributed by atoms with Gasteiger partial charge in [-0.05, 0) is 24.4 Å². The second-order valence-electron chi connectivity index (χ2n) is 4.58. The molecule has 0 aliphatic rings. The van der Waals surface area contributed by atoms with Crippen LogP contribution in [0.3, 0.4) is 0 Å². The van der Waals surface area contributed by atoms with Crippen LogP contribution in [0.25, 0.3) is 10.1 Å². The van der Waals surface area contributed by atoms with Crippen molar-refractivity contribution in [3.63, 3.8) is 0 Å². The van der Waals surface area contributed by atoms with Crippen LogP contribution in [0.2, 0.25) is 0 Å². The largest absolute Gasteiger partial charge is 0.493 e. The van der Waals surface area contributed by atoms with E-state index in [1.54, 1.807) is 24.6 Å². The average molecular weight is 287 g/mol. The molecule has 0 aliphatic heterocycles. The molecule has 0 aliphatic carbocycles. The van der Waals surface area contributed by atoms with Crippen molar-refractivity contribution in [3.8, 4) is 5.75 Å². The Kier molecular flexibility index (Phi) is 3.46. The molecule has 20 heavy (non-hydrogen) atoms. The predicted molar refractivity (Wildman–Crippen MR) is 82.3 cm³/mol. The molecule has 0 bridgehead atoms. The van der Waals surface area contributed by atoms with E-state index >= 15 is 0 Å². The van der Waals surface area contributed by atoms with Crippen LogP contribution in [0.1, 0.15) is 23.5 Å². The Bertz CT molecular complexity index is 677. The fourth-order valence-electron chi connectivity index (χ4n) is 2.39. The van der Waals surface area contributed by atoms with Gasteiger partial charge in [-0.25, -0.2) is 0 Å². The molecule has 0 radical (unpaired) electrons. The van der Waals surface area contributed by atoms with E-state index < -0.39 is 0 Å². The van der Waals surface area contributed by atoms with E-state index in [9.17, 15) is 0 Å². The van der Waals surface area contributed by atoms with Crippen LogP contribution in [-0.2, 0) is 6.54 Å². The number of fused-ring (bicyclic) bond motifs is 1. The van der Waals surface area contributed by atoms with E-state index in [-0.39, 0.29) is 6.04 Å². The Morgan fingerprint density at radius 3 is 2.90 bits per heavy atom. The summed E-state index contributed by atoms with van der Waals surface area (Å²) in [7, 11) is 1.65. The van der Waals surface area contributed by atoms with Crippen molar-refractivity contribution in [1.82, 2.24) is 9.78 Å². The number of ether oxygens (including phenoxy) is 1. The molecule has 0 saturated carbocycles. The van der Waals surface area contributed by atoms with Gasteiger partial charge in [-0.2, -0.15) is 5.10 Å². The molecule has 3 aromatic rings. The van der Waals surface area contributed by atoms with Crippen LogP contribution in [-0.4, -0.2) is 16.9 Å². The smallest absolute Gasteiger partial charge is 0.161 e. The Hall–Kier alpha value is -1.85. The Labute approximate surface area is 121 Å². The van der Waals surface area contributed by atoms with Gasteiger partial charge < -0.3 is 10.5 Å². The molecule has 3 rings (SSSR count). The van der Waals surface area contributed by atoms with Crippen LogP contribution < -0.4 is 10.5 Å². The lowest BCUT2D eigenvalue weighted by molar-refractivity contribution is 0.405. The van der Waals surface area contributed by atoms with Crippen LogP contribution in [0.15, 0.2) is 36.5 Å². The Morgan fingerprint density at radius 2 is 2.20 bits per heavy atom. The van der Waals surface area contributed by atoms with E-state index in [0.717, 1.165) is 22.9 Å². The molecule has 1 unspecified atom stereocenters. The minimum absolute atomic E-state index is 0.218. The lowest BCUT2D eigenvalue weighted by atomic mass is 10.1. The zero-order valence-electron chi connectivity index (χ0n) is 11.5. The zero-order valence-corrected chi connectivity index (χ0v) is 12.4. The first kappa shape index (κ1) is 13.1. The molecule has 1 atom stereocenters. The molecule has 0 fully saturated rings. The number of thiophene rings is 1. The van der Waals surface area contributed by atoms with Crippen molar-refractivity contribution >= 4 is 21.4 Å². The summed E-state index contributed by atoms with van der Waals surface area (Å²) in [6, 6.07) is 10.2. The second kappa shape index (κ2) is 5.26. The molecule has 2 N–H and O–H groups in total. The van der Waals surface area contributed by atoms with E-state index in [4.69, 9.17) is 10.5 Å². The van der Waals surface area contributed by atoms with Gasteiger partial charge in [-0.1, -0.05) is 18.2 Å². The van der Waals surface area contributed by atoms with Crippen molar-refractivity contribution in [2.24, 2.45) is 5.73 Å². The minimum Gasteiger partial charge on any atom is -0.493 e. The third-order valence-corrected chi connectivity index (χ3v) is 4.61. The van der Waals surface area contributed by atoms with Crippen LogP contribution >= 0.6 is 11.3 Å². The summed E-state index contributed by atoms with van der Waals surface area (Å²) in [4.78, 5) is 1.12. The quantitative estimate of drug-likeness (QED) is 0.802. The standard InChI is InChI=1S/C15H17N3OS/c1-3-18-15(11(19-2)9-17-18)14(16)13-8-10-6-4-5-7-12(10)20-13/h4-9,14H,3,16H2,1-2H3. The highest BCUT2D eigenvalue weighted by atomic mass is 32.1. The topological polar surface area (TPSA) is 53.1 Å². The SMILES string of the molecule is CCn1ncc(OC)c1C(N)c1cc2ccccc2s1. The third kappa shape index (κ3) is 2.09. The van der Waals surface area contributed by atoms with Gasteiger partial charge in [-0.15, -0.1) is 11.3 Å². The van der Waals surface area contributed by atoms with Crippen molar-refractivity contribution in [1.29, 1.82) is 0 Å². The second-order valence-corrected chi connectivity index (χ2v) is 5.69. The lowest BCUT2D eigenvalue weighted by Crippen LogP contribution is -2.17. The summed E-state index contributed by atoms with van der Waals surface area (Å²) in [5.41, 5.74) is 7.38. The van der Waals surface area contributed by atoms with Crippen molar-refractivity contribution in [2.75, 3.05) is 7.11 Å². The number of nitrogens with two attached hydrogens (primary N) is 1. The minimum atomic E-state index is -0.218. The highest BCUT2D eigenvalue weighted by Gasteiger charge is 2.21. The monoisotopic (exact) mass is 287 g/mol. The summed E-state index contributed by atoms with van der Waals surface area (Å²) < 4.78 is 8.53. The highest BCUT2D eigenvalue weighted by Crippen LogP contribution is 2.35. The maximum atomic E-state index is 6.45. The maximum absolute atomic E-state index is 6.45. The fourth-order valence-corrected chi connectivity index (χ4v) is 3.46. The molecule has 4 nitrogen and oxygen atoms in total. The number of aromatic nitrogens is 2.